The standard InChI is InChI=1S/C24H39N7O2/c25-20-9-14-30(15-10-20)12-3-4-13-31-16-11-23(29-24(31)33)28-22-8-7-19(17-27-22)5-1-2-6-21(26)18-32/h7-8,11,16-17,20-21,32H,1-6,9-10,12-15,18,25-26H2,(H,27,28,29,33)/t21-/m1/s1. The van der Waals surface area contributed by atoms with E-state index in [1.54, 1.807) is 10.8 Å². The van der Waals surface area contributed by atoms with Crippen molar-refractivity contribution in [3.05, 3.63) is 46.6 Å². The number of aliphatic hydroxyl groups excluding tert-OH is 1. The van der Waals surface area contributed by atoms with E-state index in [2.05, 4.69) is 20.2 Å². The second-order valence-corrected chi connectivity index (χ2v) is 9.04. The fourth-order valence-electron chi connectivity index (χ4n) is 4.07. The van der Waals surface area contributed by atoms with E-state index in [1.165, 1.54) is 0 Å². The third-order valence-corrected chi connectivity index (χ3v) is 6.24. The molecule has 9 heteroatoms. The Labute approximate surface area is 196 Å². The highest BCUT2D eigenvalue weighted by Crippen LogP contribution is 2.13. The van der Waals surface area contributed by atoms with Crippen LogP contribution in [0, 0.1) is 0 Å². The Hall–Kier alpha value is -2.33. The van der Waals surface area contributed by atoms with E-state index >= 15 is 0 Å². The van der Waals surface area contributed by atoms with Crippen LogP contribution < -0.4 is 22.5 Å². The van der Waals surface area contributed by atoms with Crippen LogP contribution in [0.3, 0.4) is 0 Å². The van der Waals surface area contributed by atoms with Crippen molar-refractivity contribution in [2.45, 2.75) is 70.0 Å². The Kier molecular flexibility index (Phi) is 10.3. The monoisotopic (exact) mass is 457 g/mol. The lowest BCUT2D eigenvalue weighted by atomic mass is 10.1. The smallest absolute Gasteiger partial charge is 0.349 e. The van der Waals surface area contributed by atoms with Crippen LogP contribution in [0.4, 0.5) is 11.6 Å². The summed E-state index contributed by atoms with van der Waals surface area (Å²) in [4.78, 5) is 23.4. The van der Waals surface area contributed by atoms with Gasteiger partial charge in [0.1, 0.15) is 11.6 Å². The molecule has 0 amide bonds. The zero-order valence-electron chi connectivity index (χ0n) is 19.5. The third-order valence-electron chi connectivity index (χ3n) is 6.24. The number of nitrogens with one attached hydrogen (secondary N) is 1. The quantitative estimate of drug-likeness (QED) is 0.333. The molecule has 0 spiro atoms. The van der Waals surface area contributed by atoms with E-state index in [0.717, 1.165) is 76.6 Å². The highest BCUT2D eigenvalue weighted by Gasteiger charge is 2.15. The molecule has 1 aliphatic rings. The number of hydrogen-bond donors (Lipinski definition) is 4. The molecule has 1 atom stereocenters. The molecule has 0 radical (unpaired) electrons. The molecule has 1 saturated heterocycles. The molecule has 9 nitrogen and oxygen atoms in total. The second-order valence-electron chi connectivity index (χ2n) is 9.04. The van der Waals surface area contributed by atoms with E-state index in [0.29, 0.717) is 24.2 Å². The van der Waals surface area contributed by atoms with Gasteiger partial charge in [-0.05, 0) is 82.3 Å². The summed E-state index contributed by atoms with van der Waals surface area (Å²) in [5.41, 5.74) is 12.6. The number of anilines is 2. The number of hydrogen-bond acceptors (Lipinski definition) is 8. The fourth-order valence-corrected chi connectivity index (χ4v) is 4.07. The van der Waals surface area contributed by atoms with Gasteiger partial charge in [-0.15, -0.1) is 0 Å². The van der Waals surface area contributed by atoms with Gasteiger partial charge in [0.2, 0.25) is 0 Å². The van der Waals surface area contributed by atoms with Gasteiger partial charge in [0.15, 0.2) is 0 Å². The van der Waals surface area contributed by atoms with E-state index in [1.807, 2.05) is 24.4 Å². The first kappa shape index (κ1) is 25.3. The molecule has 1 aliphatic heterocycles. The van der Waals surface area contributed by atoms with Crippen LogP contribution in [-0.4, -0.2) is 62.9 Å². The van der Waals surface area contributed by atoms with Crippen molar-refractivity contribution < 1.29 is 5.11 Å². The van der Waals surface area contributed by atoms with E-state index in [-0.39, 0.29) is 18.3 Å². The number of piperidine rings is 1. The van der Waals surface area contributed by atoms with Crippen LogP contribution in [0.5, 0.6) is 0 Å². The van der Waals surface area contributed by atoms with Crippen LogP contribution in [0.1, 0.15) is 50.5 Å². The Bertz CT molecular complexity index is 879. The summed E-state index contributed by atoms with van der Waals surface area (Å²) >= 11 is 0. The summed E-state index contributed by atoms with van der Waals surface area (Å²) < 4.78 is 1.66. The summed E-state index contributed by atoms with van der Waals surface area (Å²) in [6.07, 6.45) is 11.5. The predicted octanol–water partition coefficient (Wildman–Crippen LogP) is 1.62. The maximum absolute atomic E-state index is 12.4. The minimum absolute atomic E-state index is 0.0369. The maximum atomic E-state index is 12.4. The van der Waals surface area contributed by atoms with Crippen LogP contribution in [-0.2, 0) is 13.0 Å². The SMILES string of the molecule is NC1CCN(CCCCn2ccc(Nc3ccc(CCCC[C@@H](N)CO)cn3)nc2=O)CC1. The van der Waals surface area contributed by atoms with Gasteiger partial charge in [-0.3, -0.25) is 4.57 Å². The first-order valence-electron chi connectivity index (χ1n) is 12.2. The molecule has 2 aromatic heterocycles. The van der Waals surface area contributed by atoms with Gasteiger partial charge in [0.05, 0.1) is 6.61 Å². The number of likely N-dealkylation sites (tertiary alicyclic amines) is 1. The van der Waals surface area contributed by atoms with Crippen molar-refractivity contribution in [3.8, 4) is 0 Å². The first-order valence-corrected chi connectivity index (χ1v) is 12.2. The van der Waals surface area contributed by atoms with Gasteiger partial charge in [0, 0.05) is 31.0 Å². The Morgan fingerprint density at radius 3 is 2.58 bits per heavy atom. The highest BCUT2D eigenvalue weighted by molar-refractivity contribution is 5.50. The number of nitrogens with two attached hydrogens (primary N) is 2. The second kappa shape index (κ2) is 13.4. The van der Waals surface area contributed by atoms with Crippen molar-refractivity contribution in [1.29, 1.82) is 0 Å². The van der Waals surface area contributed by atoms with Crippen molar-refractivity contribution in [2.75, 3.05) is 31.6 Å². The van der Waals surface area contributed by atoms with Gasteiger partial charge in [-0.2, -0.15) is 4.98 Å². The van der Waals surface area contributed by atoms with E-state index in [9.17, 15) is 4.79 Å². The molecule has 182 valence electrons. The number of nitrogens with zero attached hydrogens (tertiary/aromatic N) is 4. The summed E-state index contributed by atoms with van der Waals surface area (Å²) in [6, 6.07) is 5.97. The molecule has 0 aromatic carbocycles. The normalized spacial score (nSPS) is 16.1. The van der Waals surface area contributed by atoms with Gasteiger partial charge in [-0.25, -0.2) is 9.78 Å². The van der Waals surface area contributed by atoms with Crippen LogP contribution in [0.25, 0.3) is 0 Å². The van der Waals surface area contributed by atoms with Crippen LogP contribution >= 0.6 is 0 Å². The number of aryl methyl sites for hydroxylation is 2. The van der Waals surface area contributed by atoms with Crippen molar-refractivity contribution in [2.24, 2.45) is 11.5 Å². The molecule has 6 N–H and O–H groups in total. The minimum Gasteiger partial charge on any atom is -0.395 e. The summed E-state index contributed by atoms with van der Waals surface area (Å²) in [7, 11) is 0. The van der Waals surface area contributed by atoms with Crippen molar-refractivity contribution in [1.82, 2.24) is 19.4 Å². The van der Waals surface area contributed by atoms with Gasteiger partial charge in [0.25, 0.3) is 0 Å². The first-order chi connectivity index (χ1) is 16.0. The number of aliphatic hydroxyl groups is 1. The number of unbranched alkanes of at least 4 members (excludes halogenated alkanes) is 2. The zero-order chi connectivity index (χ0) is 23.5. The molecular weight excluding hydrogens is 418 g/mol. The molecule has 3 heterocycles. The van der Waals surface area contributed by atoms with Crippen molar-refractivity contribution in [3.63, 3.8) is 0 Å². The van der Waals surface area contributed by atoms with E-state index < -0.39 is 0 Å². The zero-order valence-corrected chi connectivity index (χ0v) is 19.5. The highest BCUT2D eigenvalue weighted by atomic mass is 16.3. The lowest BCUT2D eigenvalue weighted by Gasteiger charge is -2.29. The Balaban J connectivity index is 1.39. The summed E-state index contributed by atoms with van der Waals surface area (Å²) in [5.74, 6) is 1.16. The molecule has 0 unspecified atom stereocenters. The third kappa shape index (κ3) is 8.85. The van der Waals surface area contributed by atoms with Gasteiger partial charge in [-0.1, -0.05) is 12.5 Å². The summed E-state index contributed by atoms with van der Waals surface area (Å²) in [5, 5.41) is 12.1. The number of pyridine rings is 1. The topological polar surface area (TPSA) is 135 Å². The molecule has 33 heavy (non-hydrogen) atoms. The van der Waals surface area contributed by atoms with Crippen molar-refractivity contribution >= 4 is 11.6 Å². The molecule has 0 bridgehead atoms. The van der Waals surface area contributed by atoms with Gasteiger partial charge >= 0.3 is 5.69 Å². The molecular formula is C24H39N7O2. The fraction of sp³-hybridized carbons (Fsp3) is 0.625. The molecule has 2 aromatic rings. The molecule has 0 aliphatic carbocycles. The largest absolute Gasteiger partial charge is 0.395 e. The average molecular weight is 458 g/mol. The van der Waals surface area contributed by atoms with Crippen LogP contribution in [0.15, 0.2) is 35.4 Å². The Morgan fingerprint density at radius 2 is 1.88 bits per heavy atom. The van der Waals surface area contributed by atoms with Gasteiger partial charge < -0.3 is 26.8 Å². The van der Waals surface area contributed by atoms with Crippen LogP contribution in [0.2, 0.25) is 0 Å². The summed E-state index contributed by atoms with van der Waals surface area (Å²) in [6.45, 7) is 3.94. The minimum atomic E-state index is -0.248. The Morgan fingerprint density at radius 1 is 1.09 bits per heavy atom. The van der Waals surface area contributed by atoms with E-state index in [4.69, 9.17) is 16.6 Å². The molecule has 3 rings (SSSR count). The maximum Gasteiger partial charge on any atom is 0.349 e. The average Bonchev–Trinajstić information content (AvgIpc) is 2.82. The molecule has 0 saturated carbocycles. The molecule has 1 fully saturated rings. The lowest BCUT2D eigenvalue weighted by Crippen LogP contribution is -2.40. The number of aromatic nitrogens is 3. The predicted molar refractivity (Wildman–Crippen MR) is 132 cm³/mol. The lowest BCUT2D eigenvalue weighted by molar-refractivity contribution is 0.208. The number of rotatable bonds is 13.